The molecule has 2 aromatic rings. The van der Waals surface area contributed by atoms with Gasteiger partial charge in [0.2, 0.25) is 0 Å². The van der Waals surface area contributed by atoms with Crippen LogP contribution in [0.15, 0.2) is 42.7 Å². The van der Waals surface area contributed by atoms with Gasteiger partial charge in [-0.25, -0.2) is 0 Å². The summed E-state index contributed by atoms with van der Waals surface area (Å²) in [5.74, 6) is 0. The van der Waals surface area contributed by atoms with E-state index in [2.05, 4.69) is 48.4 Å². The van der Waals surface area contributed by atoms with Gasteiger partial charge in [-0.1, -0.05) is 31.2 Å². The molecule has 0 saturated heterocycles. The summed E-state index contributed by atoms with van der Waals surface area (Å²) in [5, 5.41) is 3.53. The number of aryl methyl sites for hydroxylation is 1. The molecule has 1 heterocycles. The highest BCUT2D eigenvalue weighted by Crippen LogP contribution is 2.23. The van der Waals surface area contributed by atoms with E-state index < -0.39 is 0 Å². The SMILES string of the molecule is CCNC(Cc1cnccc1N)c1ccccc1C. The van der Waals surface area contributed by atoms with Crippen LogP contribution in [0.5, 0.6) is 0 Å². The third-order valence-corrected chi connectivity index (χ3v) is 3.38. The predicted octanol–water partition coefficient (Wildman–Crippen LogP) is 2.87. The Morgan fingerprint density at radius 1 is 1.26 bits per heavy atom. The van der Waals surface area contributed by atoms with Crippen molar-refractivity contribution in [3.05, 3.63) is 59.4 Å². The molecule has 0 spiro atoms. The molecule has 0 aliphatic carbocycles. The van der Waals surface area contributed by atoms with Gasteiger partial charge in [-0.05, 0) is 42.6 Å². The lowest BCUT2D eigenvalue weighted by Gasteiger charge is -2.21. The van der Waals surface area contributed by atoms with Gasteiger partial charge in [0, 0.05) is 24.1 Å². The smallest absolute Gasteiger partial charge is 0.0378 e. The number of hydrogen-bond donors (Lipinski definition) is 2. The summed E-state index contributed by atoms with van der Waals surface area (Å²) in [5.41, 5.74) is 10.5. The van der Waals surface area contributed by atoms with E-state index in [-0.39, 0.29) is 6.04 Å². The zero-order chi connectivity index (χ0) is 13.7. The number of aromatic nitrogens is 1. The molecule has 1 aromatic carbocycles. The Bertz CT molecular complexity index is 537. The summed E-state index contributed by atoms with van der Waals surface area (Å²) in [6.07, 6.45) is 4.45. The Morgan fingerprint density at radius 2 is 2.05 bits per heavy atom. The van der Waals surface area contributed by atoms with Gasteiger partial charge in [-0.3, -0.25) is 4.98 Å². The summed E-state index contributed by atoms with van der Waals surface area (Å²) >= 11 is 0. The topological polar surface area (TPSA) is 50.9 Å². The van der Waals surface area contributed by atoms with Crippen molar-refractivity contribution < 1.29 is 0 Å². The Hall–Kier alpha value is -1.87. The summed E-state index contributed by atoms with van der Waals surface area (Å²) in [6, 6.07) is 10.6. The van der Waals surface area contributed by atoms with Gasteiger partial charge >= 0.3 is 0 Å². The summed E-state index contributed by atoms with van der Waals surface area (Å²) in [6.45, 7) is 5.20. The molecule has 3 nitrogen and oxygen atoms in total. The monoisotopic (exact) mass is 255 g/mol. The Kier molecular flexibility index (Phi) is 4.53. The molecule has 100 valence electrons. The molecule has 1 unspecified atom stereocenters. The number of benzene rings is 1. The van der Waals surface area contributed by atoms with Crippen molar-refractivity contribution in [1.82, 2.24) is 10.3 Å². The first kappa shape index (κ1) is 13.6. The fourth-order valence-corrected chi connectivity index (χ4v) is 2.34. The summed E-state index contributed by atoms with van der Waals surface area (Å²) in [4.78, 5) is 4.17. The first-order chi connectivity index (χ1) is 9.22. The van der Waals surface area contributed by atoms with Crippen LogP contribution in [0.3, 0.4) is 0 Å². The molecule has 1 atom stereocenters. The molecule has 19 heavy (non-hydrogen) atoms. The van der Waals surface area contributed by atoms with Crippen LogP contribution in [0.4, 0.5) is 5.69 Å². The van der Waals surface area contributed by atoms with E-state index >= 15 is 0 Å². The zero-order valence-electron chi connectivity index (χ0n) is 11.6. The van der Waals surface area contributed by atoms with E-state index in [4.69, 9.17) is 5.73 Å². The van der Waals surface area contributed by atoms with Crippen LogP contribution >= 0.6 is 0 Å². The largest absolute Gasteiger partial charge is 0.398 e. The number of nitrogens with one attached hydrogen (secondary N) is 1. The first-order valence-corrected chi connectivity index (χ1v) is 6.69. The second-order valence-electron chi connectivity index (χ2n) is 4.75. The van der Waals surface area contributed by atoms with E-state index in [9.17, 15) is 0 Å². The van der Waals surface area contributed by atoms with Gasteiger partial charge in [0.05, 0.1) is 0 Å². The van der Waals surface area contributed by atoms with E-state index in [1.54, 1.807) is 6.20 Å². The normalized spacial score (nSPS) is 12.3. The number of nitrogens with two attached hydrogens (primary N) is 1. The van der Waals surface area contributed by atoms with Crippen molar-refractivity contribution in [3.8, 4) is 0 Å². The highest BCUT2D eigenvalue weighted by atomic mass is 14.9. The first-order valence-electron chi connectivity index (χ1n) is 6.69. The molecule has 0 radical (unpaired) electrons. The van der Waals surface area contributed by atoms with Crippen LogP contribution in [-0.4, -0.2) is 11.5 Å². The van der Waals surface area contributed by atoms with Crippen LogP contribution in [-0.2, 0) is 6.42 Å². The van der Waals surface area contributed by atoms with E-state index in [1.165, 1.54) is 11.1 Å². The number of hydrogen-bond acceptors (Lipinski definition) is 3. The molecule has 3 heteroatoms. The second kappa shape index (κ2) is 6.34. The highest BCUT2D eigenvalue weighted by molar-refractivity contribution is 5.45. The number of nitrogen functional groups attached to an aromatic ring is 1. The summed E-state index contributed by atoms with van der Waals surface area (Å²) in [7, 11) is 0. The molecular weight excluding hydrogens is 234 g/mol. The minimum Gasteiger partial charge on any atom is -0.398 e. The van der Waals surface area contributed by atoms with Gasteiger partial charge < -0.3 is 11.1 Å². The number of pyridine rings is 1. The third kappa shape index (κ3) is 3.32. The second-order valence-corrected chi connectivity index (χ2v) is 4.75. The fraction of sp³-hybridized carbons (Fsp3) is 0.312. The van der Waals surface area contributed by atoms with Crippen molar-refractivity contribution in [2.24, 2.45) is 0 Å². The van der Waals surface area contributed by atoms with Gasteiger partial charge in [0.25, 0.3) is 0 Å². The molecule has 0 amide bonds. The van der Waals surface area contributed by atoms with Crippen molar-refractivity contribution in [2.45, 2.75) is 26.3 Å². The van der Waals surface area contributed by atoms with Crippen molar-refractivity contribution in [1.29, 1.82) is 0 Å². The van der Waals surface area contributed by atoms with Gasteiger partial charge in [-0.2, -0.15) is 0 Å². The van der Waals surface area contributed by atoms with Crippen LogP contribution in [0.2, 0.25) is 0 Å². The number of nitrogens with zero attached hydrogens (tertiary/aromatic N) is 1. The van der Waals surface area contributed by atoms with Crippen LogP contribution in [0.1, 0.15) is 29.7 Å². The standard InChI is InChI=1S/C16H21N3/c1-3-19-16(14-7-5-4-6-12(14)2)10-13-11-18-9-8-15(13)17/h4-9,11,16,19H,3,10H2,1-2H3,(H2,17,18). The van der Waals surface area contributed by atoms with Gasteiger partial charge in [-0.15, -0.1) is 0 Å². The maximum atomic E-state index is 6.01. The minimum absolute atomic E-state index is 0.276. The Labute approximate surface area is 114 Å². The maximum absolute atomic E-state index is 6.01. The fourth-order valence-electron chi connectivity index (χ4n) is 2.34. The van der Waals surface area contributed by atoms with Crippen molar-refractivity contribution in [3.63, 3.8) is 0 Å². The van der Waals surface area contributed by atoms with Crippen molar-refractivity contribution >= 4 is 5.69 Å². The lowest BCUT2D eigenvalue weighted by Crippen LogP contribution is -2.24. The van der Waals surface area contributed by atoms with Crippen LogP contribution in [0.25, 0.3) is 0 Å². The molecule has 0 aliphatic heterocycles. The minimum atomic E-state index is 0.276. The number of rotatable bonds is 5. The lowest BCUT2D eigenvalue weighted by molar-refractivity contribution is 0.547. The third-order valence-electron chi connectivity index (χ3n) is 3.38. The lowest BCUT2D eigenvalue weighted by atomic mass is 9.95. The Balaban J connectivity index is 2.27. The maximum Gasteiger partial charge on any atom is 0.0378 e. The Morgan fingerprint density at radius 3 is 2.74 bits per heavy atom. The van der Waals surface area contributed by atoms with Crippen LogP contribution < -0.4 is 11.1 Å². The molecule has 2 rings (SSSR count). The van der Waals surface area contributed by atoms with E-state index in [0.717, 1.165) is 24.2 Å². The zero-order valence-corrected chi connectivity index (χ0v) is 11.6. The predicted molar refractivity (Wildman–Crippen MR) is 80.0 cm³/mol. The average Bonchev–Trinajstić information content (AvgIpc) is 2.41. The molecule has 0 fully saturated rings. The average molecular weight is 255 g/mol. The van der Waals surface area contributed by atoms with Crippen molar-refractivity contribution in [2.75, 3.05) is 12.3 Å². The van der Waals surface area contributed by atoms with Gasteiger partial charge in [0.15, 0.2) is 0 Å². The molecular formula is C16H21N3. The summed E-state index contributed by atoms with van der Waals surface area (Å²) < 4.78 is 0. The van der Waals surface area contributed by atoms with E-state index in [1.807, 2.05) is 12.3 Å². The molecule has 0 saturated carbocycles. The van der Waals surface area contributed by atoms with E-state index in [0.29, 0.717) is 0 Å². The molecule has 0 aliphatic rings. The number of likely N-dealkylation sites (N-methyl/N-ethyl adjacent to an activating group) is 1. The van der Waals surface area contributed by atoms with Crippen LogP contribution in [0, 0.1) is 6.92 Å². The highest BCUT2D eigenvalue weighted by Gasteiger charge is 2.14. The number of anilines is 1. The molecule has 3 N–H and O–H groups in total. The quantitative estimate of drug-likeness (QED) is 0.863. The molecule has 0 bridgehead atoms. The van der Waals surface area contributed by atoms with Gasteiger partial charge in [0.1, 0.15) is 0 Å². The molecule has 1 aromatic heterocycles.